The summed E-state index contributed by atoms with van der Waals surface area (Å²) in [6.45, 7) is 25.6. The Morgan fingerprint density at radius 1 is 1.00 bits per heavy atom. The Kier molecular flexibility index (Phi) is 11.6. The van der Waals surface area contributed by atoms with Gasteiger partial charge in [-0.1, -0.05) is 59.2 Å². The van der Waals surface area contributed by atoms with Crippen molar-refractivity contribution in [3.8, 4) is 0 Å². The molecule has 0 aliphatic carbocycles. The van der Waals surface area contributed by atoms with E-state index >= 15 is 0 Å². The second-order valence-corrected chi connectivity index (χ2v) is 12.4. The summed E-state index contributed by atoms with van der Waals surface area (Å²) in [5, 5.41) is 3.29. The summed E-state index contributed by atoms with van der Waals surface area (Å²) in [7, 11) is 3.96. The number of hydrogen-bond donors (Lipinski definition) is 0. The van der Waals surface area contributed by atoms with Gasteiger partial charge < -0.3 is 19.1 Å². The van der Waals surface area contributed by atoms with E-state index in [1.54, 1.807) is 6.92 Å². The van der Waals surface area contributed by atoms with Crippen LogP contribution in [0, 0.1) is 28.6 Å². The summed E-state index contributed by atoms with van der Waals surface area (Å²) in [6, 6.07) is -1.05. The molecule has 2 aliphatic rings. The van der Waals surface area contributed by atoms with Gasteiger partial charge in [-0.15, -0.1) is 0 Å². The highest BCUT2D eigenvalue weighted by Gasteiger charge is 2.42. The van der Waals surface area contributed by atoms with E-state index in [-0.39, 0.29) is 41.3 Å². The number of esters is 1. The number of alkyl halides is 1. The van der Waals surface area contributed by atoms with Gasteiger partial charge in [0.1, 0.15) is 6.04 Å². The molecule has 2 heterocycles. The van der Waals surface area contributed by atoms with Crippen LogP contribution < -0.4 is 0 Å². The van der Waals surface area contributed by atoms with Gasteiger partial charge in [0.15, 0.2) is 16.2 Å². The number of likely N-dealkylation sites (N-methyl/N-ethyl adjacent to an activating group) is 1. The van der Waals surface area contributed by atoms with Crippen molar-refractivity contribution in [2.75, 3.05) is 14.1 Å². The maximum Gasteiger partial charge on any atom is 0.336 e. The lowest BCUT2D eigenvalue weighted by Crippen LogP contribution is -2.48. The number of nitrogens with zero attached hydrogens (tertiary/aromatic N) is 2. The van der Waals surface area contributed by atoms with Crippen molar-refractivity contribution in [3.05, 3.63) is 53.5 Å². The fraction of sp³-hybridized carbons (Fsp3) is 0.655. The minimum atomic E-state index is -1.10. The van der Waals surface area contributed by atoms with Crippen molar-refractivity contribution in [2.45, 2.75) is 82.2 Å². The van der Waals surface area contributed by atoms with Crippen LogP contribution in [0.1, 0.15) is 47.5 Å². The molecule has 0 aromatic carbocycles. The summed E-state index contributed by atoms with van der Waals surface area (Å²) >= 11 is 1.98. The van der Waals surface area contributed by atoms with Gasteiger partial charge in [-0.25, -0.2) is 4.79 Å². The third-order valence-corrected chi connectivity index (χ3v) is 9.21. The molecule has 0 bridgehead atoms. The van der Waals surface area contributed by atoms with E-state index in [1.165, 1.54) is 0 Å². The number of carbonyl (C=O) groups is 2. The molecule has 2 saturated heterocycles. The van der Waals surface area contributed by atoms with Gasteiger partial charge in [-0.05, 0) is 73.5 Å². The highest BCUT2D eigenvalue weighted by molar-refractivity contribution is 14.1. The average molecular weight is 643 g/mol. The summed E-state index contributed by atoms with van der Waals surface area (Å²) in [5.41, 5.74) is 1.55. The largest absolute Gasteiger partial charge is 0.448 e. The number of cyclic esters (lactones) is 1. The standard InChI is InChI=1S/C29H43IN2O6/c1-14-12-15(2)26(37-29-20(7)23(32(10)11)13-16(3)36-29)21(8)24(31-35)22(9)28(34)38-27(30)19(6)17(4)18(5)25(14)33/h14-16,19,21,23-24,26-27,29H,4-5,7,9,12-13H2,1-3,6,8,10-11H3/t14-,15+,16-,19-,21+,23+,24+,26+,27+,29+/m1/s1. The first-order valence-electron chi connectivity index (χ1n) is 13.1. The fourth-order valence-electron chi connectivity index (χ4n) is 5.30. The minimum Gasteiger partial charge on any atom is -0.448 e. The maximum atomic E-state index is 13.3. The lowest BCUT2D eigenvalue weighted by molar-refractivity contribution is -0.211. The van der Waals surface area contributed by atoms with Crippen LogP contribution in [0.4, 0.5) is 0 Å². The normalized spacial score (nSPS) is 38.7. The zero-order chi connectivity index (χ0) is 29.1. The zero-order valence-corrected chi connectivity index (χ0v) is 25.9. The minimum absolute atomic E-state index is 0.0456. The molecule has 0 N–H and O–H groups in total. The first-order chi connectivity index (χ1) is 17.6. The molecule has 0 aromatic rings. The van der Waals surface area contributed by atoms with Crippen LogP contribution >= 0.6 is 22.6 Å². The molecule has 0 aromatic heterocycles. The number of ketones is 1. The molecule has 2 rings (SSSR count). The zero-order valence-electron chi connectivity index (χ0n) is 23.7. The van der Waals surface area contributed by atoms with Crippen molar-refractivity contribution in [1.82, 2.24) is 4.90 Å². The Balaban J connectivity index is 2.51. The van der Waals surface area contributed by atoms with Crippen LogP contribution in [-0.2, 0) is 23.8 Å². The quantitative estimate of drug-likeness (QED) is 0.0982. The Labute approximate surface area is 241 Å². The van der Waals surface area contributed by atoms with Gasteiger partial charge in [0, 0.05) is 29.4 Å². The number of nitroso groups, excluding NO2 is 1. The van der Waals surface area contributed by atoms with Crippen molar-refractivity contribution < 1.29 is 23.8 Å². The molecule has 212 valence electrons. The van der Waals surface area contributed by atoms with E-state index < -0.39 is 34.4 Å². The third kappa shape index (κ3) is 7.28. The molecule has 0 radical (unpaired) electrons. The van der Waals surface area contributed by atoms with Gasteiger partial charge in [-0.2, -0.15) is 4.91 Å². The molecule has 9 heteroatoms. The molecule has 8 nitrogen and oxygen atoms in total. The molecule has 38 heavy (non-hydrogen) atoms. The van der Waals surface area contributed by atoms with E-state index in [0.29, 0.717) is 17.6 Å². The van der Waals surface area contributed by atoms with Crippen LogP contribution in [0.25, 0.3) is 0 Å². The summed E-state index contributed by atoms with van der Waals surface area (Å²) in [5.74, 6) is -2.39. The number of Topliss-reactive ketones (excluding diaryl/α,β-unsaturated/α-hetero) is 1. The topological polar surface area (TPSA) is 94.5 Å². The van der Waals surface area contributed by atoms with Crippen LogP contribution in [-0.4, -0.2) is 65.4 Å². The summed E-state index contributed by atoms with van der Waals surface area (Å²) in [4.78, 5) is 40.5. The maximum absolute atomic E-state index is 13.3. The fourth-order valence-corrected chi connectivity index (χ4v) is 5.97. The van der Waals surface area contributed by atoms with E-state index in [4.69, 9.17) is 14.2 Å². The first kappa shape index (κ1) is 32.5. The Morgan fingerprint density at radius 3 is 2.16 bits per heavy atom. The lowest BCUT2D eigenvalue weighted by atomic mass is 9.79. The first-order valence-corrected chi connectivity index (χ1v) is 14.3. The van der Waals surface area contributed by atoms with Gasteiger partial charge in [0.2, 0.25) is 0 Å². The van der Waals surface area contributed by atoms with E-state index in [1.807, 2.05) is 64.4 Å². The van der Waals surface area contributed by atoms with Crippen molar-refractivity contribution >= 4 is 34.3 Å². The number of halogens is 1. The monoisotopic (exact) mass is 642 g/mol. The molecular formula is C29H43IN2O6. The van der Waals surface area contributed by atoms with E-state index in [0.717, 1.165) is 12.0 Å². The van der Waals surface area contributed by atoms with Crippen LogP contribution in [0.5, 0.6) is 0 Å². The highest BCUT2D eigenvalue weighted by atomic mass is 127. The average Bonchev–Trinajstić information content (AvgIpc) is 2.86. The number of rotatable bonds is 4. The predicted octanol–water partition coefficient (Wildman–Crippen LogP) is 5.62. The van der Waals surface area contributed by atoms with Crippen LogP contribution in [0.3, 0.4) is 0 Å². The van der Waals surface area contributed by atoms with E-state index in [2.05, 4.69) is 36.4 Å². The van der Waals surface area contributed by atoms with E-state index in [9.17, 15) is 14.5 Å². The predicted molar refractivity (Wildman–Crippen MR) is 158 cm³/mol. The molecular weight excluding hydrogens is 599 g/mol. The SMILES string of the molecule is C=C1C(=C)[C@@H](C)[C@@H](I)OC(=O)C(=C)[C@@H](N=O)[C@H](C)[C@@H](O[C@@H]2O[C@H](C)C[C@H](N(C)C)C2=C)[C@@H](C)C[C@@H](C)C1=O. The smallest absolute Gasteiger partial charge is 0.336 e. The van der Waals surface area contributed by atoms with Crippen molar-refractivity contribution in [1.29, 1.82) is 0 Å². The molecule has 0 saturated carbocycles. The van der Waals surface area contributed by atoms with Crippen LogP contribution in [0.2, 0.25) is 0 Å². The Morgan fingerprint density at radius 2 is 1.61 bits per heavy atom. The Hall–Kier alpha value is -1.69. The van der Waals surface area contributed by atoms with Crippen molar-refractivity contribution in [3.63, 3.8) is 0 Å². The van der Waals surface area contributed by atoms with Gasteiger partial charge >= 0.3 is 5.97 Å². The third-order valence-electron chi connectivity index (χ3n) is 7.88. The Bertz CT molecular complexity index is 978. The van der Waals surface area contributed by atoms with Crippen LogP contribution in [0.15, 0.2) is 53.8 Å². The second kappa shape index (κ2) is 13.6. The van der Waals surface area contributed by atoms with Crippen molar-refractivity contribution in [2.24, 2.45) is 28.8 Å². The number of ether oxygens (including phenoxy) is 3. The molecule has 2 fully saturated rings. The summed E-state index contributed by atoms with van der Waals surface area (Å²) in [6.07, 6.45) is -0.190. The summed E-state index contributed by atoms with van der Waals surface area (Å²) < 4.78 is 17.7. The molecule has 0 spiro atoms. The molecule has 0 unspecified atom stereocenters. The molecule has 2 aliphatic heterocycles. The van der Waals surface area contributed by atoms with Gasteiger partial charge in [-0.3, -0.25) is 4.79 Å². The number of allylic oxidation sites excluding steroid dienone is 1. The number of carbonyl (C=O) groups excluding carboxylic acids is 2. The molecule has 10 atom stereocenters. The molecule has 0 amide bonds. The lowest BCUT2D eigenvalue weighted by Gasteiger charge is -2.42. The van der Waals surface area contributed by atoms with Gasteiger partial charge in [0.05, 0.1) is 17.8 Å². The number of hydrogen-bond acceptors (Lipinski definition) is 8. The highest BCUT2D eigenvalue weighted by Crippen LogP contribution is 2.37. The second-order valence-electron chi connectivity index (χ2n) is 11.1. The van der Waals surface area contributed by atoms with Gasteiger partial charge in [0.25, 0.3) is 0 Å².